The smallest absolute Gasteiger partial charge is 0.262 e. The molecule has 1 N–H and O–H groups in total. The minimum Gasteiger partial charge on any atom is -0.317 e. The summed E-state index contributed by atoms with van der Waals surface area (Å²) < 4.78 is 1.83. The summed E-state index contributed by atoms with van der Waals surface area (Å²) in [6.07, 6.45) is 4.72. The van der Waals surface area contributed by atoms with E-state index < -0.39 is 0 Å². The highest BCUT2D eigenvalue weighted by Crippen LogP contribution is 2.23. The Hall–Kier alpha value is -1.20. The van der Waals surface area contributed by atoms with E-state index in [1.807, 2.05) is 10.6 Å². The first-order valence-electron chi connectivity index (χ1n) is 6.50. The number of nitrogens with one attached hydrogen (secondary N) is 1. The lowest BCUT2D eigenvalue weighted by Crippen LogP contribution is -2.34. The number of hydrogen-bond acceptors (Lipinski definition) is 4. The minimum atomic E-state index is 0.128. The van der Waals surface area contributed by atoms with Crippen molar-refractivity contribution in [1.29, 1.82) is 0 Å². The van der Waals surface area contributed by atoms with Gasteiger partial charge in [0.15, 0.2) is 0 Å². The Labute approximate surface area is 110 Å². The topological polar surface area (TPSA) is 46.9 Å². The number of aryl methyl sites for hydroxylation is 1. The van der Waals surface area contributed by atoms with Crippen LogP contribution in [0.25, 0.3) is 10.2 Å². The molecule has 4 nitrogen and oxygen atoms in total. The minimum absolute atomic E-state index is 0.128. The molecule has 0 spiro atoms. The normalized spacial score (nSPS) is 17.4. The summed E-state index contributed by atoms with van der Waals surface area (Å²) in [7, 11) is 0. The number of piperidine rings is 1. The van der Waals surface area contributed by atoms with Crippen LogP contribution >= 0.6 is 11.3 Å². The summed E-state index contributed by atoms with van der Waals surface area (Å²) in [5.74, 6) is 0. The van der Waals surface area contributed by atoms with E-state index in [-0.39, 0.29) is 5.56 Å². The number of nitrogens with zero attached hydrogens (tertiary/aromatic N) is 2. The van der Waals surface area contributed by atoms with Gasteiger partial charge in [0.2, 0.25) is 0 Å². The van der Waals surface area contributed by atoms with Crippen LogP contribution in [0.3, 0.4) is 0 Å². The fraction of sp³-hybridized carbons (Fsp3) is 0.538. The molecule has 5 heteroatoms. The van der Waals surface area contributed by atoms with Crippen molar-refractivity contribution in [2.24, 2.45) is 0 Å². The SMILES string of the molecule is CCc1cc2c(=O)n(C3CCNCC3)cnc2s1. The maximum Gasteiger partial charge on any atom is 0.262 e. The molecule has 0 unspecified atom stereocenters. The van der Waals surface area contributed by atoms with Crippen LogP contribution in [0.5, 0.6) is 0 Å². The van der Waals surface area contributed by atoms with Gasteiger partial charge < -0.3 is 5.32 Å². The molecule has 1 aliphatic rings. The molecule has 3 rings (SSSR count). The summed E-state index contributed by atoms with van der Waals surface area (Å²) >= 11 is 1.63. The van der Waals surface area contributed by atoms with Crippen molar-refractivity contribution in [1.82, 2.24) is 14.9 Å². The Bertz CT molecular complexity index is 610. The molecule has 0 aromatic carbocycles. The molecular formula is C13H17N3OS. The number of hydrogen-bond donors (Lipinski definition) is 1. The highest BCUT2D eigenvalue weighted by Gasteiger charge is 2.18. The van der Waals surface area contributed by atoms with Crippen LogP contribution in [0.1, 0.15) is 30.7 Å². The predicted octanol–water partition coefficient (Wildman–Crippen LogP) is 1.94. The van der Waals surface area contributed by atoms with Crippen LogP contribution < -0.4 is 10.9 Å². The first-order valence-corrected chi connectivity index (χ1v) is 7.31. The van der Waals surface area contributed by atoms with Crippen LogP contribution in [-0.4, -0.2) is 22.6 Å². The Morgan fingerprint density at radius 3 is 3.00 bits per heavy atom. The van der Waals surface area contributed by atoms with E-state index in [0.717, 1.165) is 42.6 Å². The van der Waals surface area contributed by atoms with Gasteiger partial charge in [0, 0.05) is 10.9 Å². The lowest BCUT2D eigenvalue weighted by molar-refractivity contribution is 0.359. The molecule has 1 fully saturated rings. The molecule has 0 radical (unpaired) electrons. The quantitative estimate of drug-likeness (QED) is 0.901. The van der Waals surface area contributed by atoms with Gasteiger partial charge in [-0.1, -0.05) is 6.92 Å². The molecule has 0 atom stereocenters. The molecule has 1 saturated heterocycles. The van der Waals surface area contributed by atoms with E-state index in [9.17, 15) is 4.79 Å². The Morgan fingerprint density at radius 1 is 1.50 bits per heavy atom. The Balaban J connectivity index is 2.07. The van der Waals surface area contributed by atoms with Crippen molar-refractivity contribution in [3.05, 3.63) is 27.6 Å². The standard InChI is InChI=1S/C13H17N3OS/c1-2-10-7-11-12(18-10)15-8-16(13(11)17)9-3-5-14-6-4-9/h7-9,14H,2-6H2,1H3. The van der Waals surface area contributed by atoms with Crippen molar-refractivity contribution in [3.8, 4) is 0 Å². The molecular weight excluding hydrogens is 246 g/mol. The second kappa shape index (κ2) is 4.82. The van der Waals surface area contributed by atoms with Gasteiger partial charge in [-0.05, 0) is 38.4 Å². The third-order valence-corrected chi connectivity index (χ3v) is 4.77. The second-order valence-electron chi connectivity index (χ2n) is 4.72. The largest absolute Gasteiger partial charge is 0.317 e. The Kier molecular flexibility index (Phi) is 3.18. The van der Waals surface area contributed by atoms with Gasteiger partial charge in [-0.15, -0.1) is 11.3 Å². The van der Waals surface area contributed by atoms with E-state index in [2.05, 4.69) is 17.2 Å². The molecule has 0 bridgehead atoms. The van der Waals surface area contributed by atoms with Crippen LogP contribution in [0.4, 0.5) is 0 Å². The molecule has 1 aliphatic heterocycles. The highest BCUT2D eigenvalue weighted by atomic mass is 32.1. The zero-order valence-electron chi connectivity index (χ0n) is 10.5. The number of fused-ring (bicyclic) bond motifs is 1. The van der Waals surface area contributed by atoms with E-state index in [1.54, 1.807) is 17.7 Å². The summed E-state index contributed by atoms with van der Waals surface area (Å²) in [6.45, 7) is 4.08. The maximum atomic E-state index is 12.5. The zero-order chi connectivity index (χ0) is 12.5. The third kappa shape index (κ3) is 1.97. The van der Waals surface area contributed by atoms with Gasteiger partial charge in [-0.3, -0.25) is 9.36 Å². The summed E-state index contributed by atoms with van der Waals surface area (Å²) in [5.41, 5.74) is 0.128. The van der Waals surface area contributed by atoms with Gasteiger partial charge in [0.05, 0.1) is 11.7 Å². The van der Waals surface area contributed by atoms with Gasteiger partial charge in [0.1, 0.15) is 4.83 Å². The Morgan fingerprint density at radius 2 is 2.28 bits per heavy atom. The van der Waals surface area contributed by atoms with Crippen molar-refractivity contribution < 1.29 is 0 Å². The molecule has 0 amide bonds. The monoisotopic (exact) mass is 263 g/mol. The van der Waals surface area contributed by atoms with Gasteiger partial charge in [0.25, 0.3) is 5.56 Å². The second-order valence-corrected chi connectivity index (χ2v) is 5.84. The average Bonchev–Trinajstić information content (AvgIpc) is 2.84. The molecule has 0 aliphatic carbocycles. The molecule has 0 saturated carbocycles. The fourth-order valence-corrected chi connectivity index (χ4v) is 3.43. The third-order valence-electron chi connectivity index (χ3n) is 3.58. The average molecular weight is 263 g/mol. The lowest BCUT2D eigenvalue weighted by atomic mass is 10.1. The first-order chi connectivity index (χ1) is 8.79. The number of aromatic nitrogens is 2. The number of thiophene rings is 1. The van der Waals surface area contributed by atoms with E-state index in [0.29, 0.717) is 6.04 Å². The molecule has 18 heavy (non-hydrogen) atoms. The van der Waals surface area contributed by atoms with Crippen molar-refractivity contribution in [2.75, 3.05) is 13.1 Å². The van der Waals surface area contributed by atoms with Crippen LogP contribution in [0, 0.1) is 0 Å². The van der Waals surface area contributed by atoms with Crippen LogP contribution in [-0.2, 0) is 6.42 Å². The summed E-state index contributed by atoms with van der Waals surface area (Å²) in [4.78, 5) is 19.0. The van der Waals surface area contributed by atoms with E-state index in [4.69, 9.17) is 0 Å². The van der Waals surface area contributed by atoms with Crippen LogP contribution in [0.2, 0.25) is 0 Å². The van der Waals surface area contributed by atoms with Crippen molar-refractivity contribution in [2.45, 2.75) is 32.2 Å². The summed E-state index contributed by atoms with van der Waals surface area (Å²) in [5, 5.41) is 4.11. The lowest BCUT2D eigenvalue weighted by Gasteiger charge is -2.24. The predicted molar refractivity (Wildman–Crippen MR) is 74.4 cm³/mol. The first kappa shape index (κ1) is 11.9. The molecule has 2 aromatic rings. The zero-order valence-corrected chi connectivity index (χ0v) is 11.3. The fourth-order valence-electron chi connectivity index (χ4n) is 2.51. The van der Waals surface area contributed by atoms with Gasteiger partial charge in [-0.2, -0.15) is 0 Å². The molecule has 96 valence electrons. The van der Waals surface area contributed by atoms with Crippen molar-refractivity contribution >= 4 is 21.6 Å². The van der Waals surface area contributed by atoms with E-state index in [1.165, 1.54) is 4.88 Å². The van der Waals surface area contributed by atoms with Crippen LogP contribution in [0.15, 0.2) is 17.2 Å². The summed E-state index contributed by atoms with van der Waals surface area (Å²) in [6, 6.07) is 2.31. The van der Waals surface area contributed by atoms with Gasteiger partial charge in [-0.25, -0.2) is 4.98 Å². The van der Waals surface area contributed by atoms with E-state index >= 15 is 0 Å². The molecule has 3 heterocycles. The highest BCUT2D eigenvalue weighted by molar-refractivity contribution is 7.18. The maximum absolute atomic E-state index is 12.5. The molecule has 2 aromatic heterocycles. The van der Waals surface area contributed by atoms with Gasteiger partial charge >= 0.3 is 0 Å². The van der Waals surface area contributed by atoms with Crippen molar-refractivity contribution in [3.63, 3.8) is 0 Å². The number of rotatable bonds is 2.